The van der Waals surface area contributed by atoms with Gasteiger partial charge in [0.05, 0.1) is 31.7 Å². The van der Waals surface area contributed by atoms with E-state index in [1.807, 2.05) is 36.2 Å². The monoisotopic (exact) mass is 448 g/mol. The molecule has 1 saturated heterocycles. The van der Waals surface area contributed by atoms with Crippen LogP contribution in [0.5, 0.6) is 5.75 Å². The molecule has 0 unspecified atom stereocenters. The summed E-state index contributed by atoms with van der Waals surface area (Å²) in [4.78, 5) is 22.2. The van der Waals surface area contributed by atoms with Gasteiger partial charge in [-0.1, -0.05) is 6.07 Å². The Morgan fingerprint density at radius 2 is 2.00 bits per heavy atom. The number of hydrogen-bond donors (Lipinski definition) is 1. The number of aryl methyl sites for hydroxylation is 1. The highest BCUT2D eigenvalue weighted by Crippen LogP contribution is 2.50. The Morgan fingerprint density at radius 1 is 1.21 bits per heavy atom. The van der Waals surface area contributed by atoms with Crippen LogP contribution in [0.4, 0.5) is 0 Å². The number of aliphatic hydroxyl groups is 1. The van der Waals surface area contributed by atoms with Gasteiger partial charge >= 0.3 is 0 Å². The molecule has 2 aromatic heterocycles. The van der Waals surface area contributed by atoms with Gasteiger partial charge in [-0.2, -0.15) is 0 Å². The van der Waals surface area contributed by atoms with E-state index in [4.69, 9.17) is 4.74 Å². The molecule has 33 heavy (non-hydrogen) atoms. The predicted octanol–water partition coefficient (Wildman–Crippen LogP) is 2.66. The second-order valence-corrected chi connectivity index (χ2v) is 9.50. The minimum Gasteiger partial charge on any atom is -0.497 e. The molecule has 2 aliphatic rings. The molecule has 1 aromatic carbocycles. The number of amides is 1. The summed E-state index contributed by atoms with van der Waals surface area (Å²) in [6.45, 7) is 2.48. The molecule has 0 radical (unpaired) electrons. The first-order valence-corrected chi connectivity index (χ1v) is 11.6. The second kappa shape index (κ2) is 8.47. The summed E-state index contributed by atoms with van der Waals surface area (Å²) in [6, 6.07) is 11.5. The number of benzene rings is 1. The van der Waals surface area contributed by atoms with Crippen LogP contribution in [0, 0.1) is 0 Å². The first-order valence-electron chi connectivity index (χ1n) is 11.6. The Labute approximate surface area is 194 Å². The van der Waals surface area contributed by atoms with Crippen molar-refractivity contribution in [2.24, 2.45) is 7.05 Å². The number of hydrogen-bond acceptors (Lipinski definition) is 5. The molecule has 174 valence electrons. The molecule has 4 heterocycles. The van der Waals surface area contributed by atoms with E-state index in [0.717, 1.165) is 48.6 Å². The predicted molar refractivity (Wildman–Crippen MR) is 127 cm³/mol. The van der Waals surface area contributed by atoms with Crippen LogP contribution in [-0.4, -0.2) is 70.8 Å². The number of likely N-dealkylation sites (tertiary alicyclic amines) is 1. The van der Waals surface area contributed by atoms with E-state index < -0.39 is 0 Å². The number of fused-ring (bicyclic) bond motifs is 4. The third kappa shape index (κ3) is 3.60. The molecule has 5 rings (SSSR count). The Morgan fingerprint density at radius 3 is 2.67 bits per heavy atom. The van der Waals surface area contributed by atoms with Gasteiger partial charge in [-0.05, 0) is 62.8 Å². The van der Waals surface area contributed by atoms with Crippen molar-refractivity contribution in [2.45, 2.75) is 30.7 Å². The molecular formula is C26H32N4O3. The number of aromatic nitrogens is 2. The zero-order chi connectivity index (χ0) is 23.2. The fourth-order valence-electron chi connectivity index (χ4n) is 5.83. The third-order valence-corrected chi connectivity index (χ3v) is 7.64. The molecule has 1 atom stereocenters. The van der Waals surface area contributed by atoms with Crippen molar-refractivity contribution in [3.8, 4) is 5.75 Å². The van der Waals surface area contributed by atoms with Crippen LogP contribution < -0.4 is 4.74 Å². The van der Waals surface area contributed by atoms with E-state index in [-0.39, 0.29) is 30.4 Å². The Bertz CT molecular complexity index is 1170. The highest BCUT2D eigenvalue weighted by Gasteiger charge is 2.49. The van der Waals surface area contributed by atoms with E-state index in [1.165, 1.54) is 10.9 Å². The maximum Gasteiger partial charge on any atom is 0.229 e. The molecule has 0 aliphatic carbocycles. The lowest BCUT2D eigenvalue weighted by molar-refractivity contribution is -0.136. The van der Waals surface area contributed by atoms with Gasteiger partial charge in [-0.15, -0.1) is 0 Å². The standard InChI is InChI=1S/C26H32N4O3/c1-28-12-9-26(10-13-28)17-30(23(32)14-18-6-4-5-11-27-18)22(16-31)25-24(26)20-8-7-19(33-3)15-21(20)29(25)2/h4-8,11,15,22,31H,9-10,12-14,16-17H2,1-3H3/t22-/m1/s1. The summed E-state index contributed by atoms with van der Waals surface area (Å²) in [5, 5.41) is 11.7. The van der Waals surface area contributed by atoms with Crippen molar-refractivity contribution in [2.75, 3.05) is 40.4 Å². The highest BCUT2D eigenvalue weighted by atomic mass is 16.5. The molecule has 0 bridgehead atoms. The molecule has 1 spiro atoms. The van der Waals surface area contributed by atoms with Crippen molar-refractivity contribution in [1.29, 1.82) is 0 Å². The number of pyridine rings is 1. The van der Waals surface area contributed by atoms with Crippen LogP contribution in [0.15, 0.2) is 42.6 Å². The number of aliphatic hydroxyl groups excluding tert-OH is 1. The summed E-state index contributed by atoms with van der Waals surface area (Å²) in [5.41, 5.74) is 4.04. The number of rotatable bonds is 4. The van der Waals surface area contributed by atoms with Crippen LogP contribution in [0.25, 0.3) is 10.9 Å². The van der Waals surface area contributed by atoms with Gasteiger partial charge < -0.3 is 24.2 Å². The van der Waals surface area contributed by atoms with E-state index in [2.05, 4.69) is 33.6 Å². The zero-order valence-corrected chi connectivity index (χ0v) is 19.6. The van der Waals surface area contributed by atoms with E-state index in [0.29, 0.717) is 6.54 Å². The van der Waals surface area contributed by atoms with Gasteiger partial charge in [0.2, 0.25) is 5.91 Å². The van der Waals surface area contributed by atoms with Gasteiger partial charge in [0.25, 0.3) is 0 Å². The van der Waals surface area contributed by atoms with Crippen molar-refractivity contribution in [3.05, 3.63) is 59.5 Å². The number of ether oxygens (including phenoxy) is 1. The van der Waals surface area contributed by atoms with Crippen LogP contribution in [-0.2, 0) is 23.7 Å². The van der Waals surface area contributed by atoms with E-state index in [9.17, 15) is 9.90 Å². The summed E-state index contributed by atoms with van der Waals surface area (Å²) in [5.74, 6) is 0.820. The second-order valence-electron chi connectivity index (χ2n) is 9.50. The Hall–Kier alpha value is -2.90. The largest absolute Gasteiger partial charge is 0.497 e. The number of methoxy groups -OCH3 is 1. The SMILES string of the molecule is COc1ccc2c3c(n(C)c2c1)[C@@H](CO)N(C(=O)Cc1ccccn1)CC31CCN(C)CC1. The van der Waals surface area contributed by atoms with E-state index >= 15 is 0 Å². The summed E-state index contributed by atoms with van der Waals surface area (Å²) in [6.07, 6.45) is 3.91. The average Bonchev–Trinajstić information content (AvgIpc) is 3.14. The fourth-order valence-corrected chi connectivity index (χ4v) is 5.83. The van der Waals surface area contributed by atoms with Crippen molar-refractivity contribution in [3.63, 3.8) is 0 Å². The molecule has 1 amide bonds. The summed E-state index contributed by atoms with van der Waals surface area (Å²) in [7, 11) is 5.88. The fraction of sp³-hybridized carbons (Fsp3) is 0.462. The molecule has 0 saturated carbocycles. The molecule has 1 fully saturated rings. The van der Waals surface area contributed by atoms with Crippen LogP contribution in [0.1, 0.15) is 35.8 Å². The maximum atomic E-state index is 13.6. The van der Waals surface area contributed by atoms with Crippen LogP contribution in [0.3, 0.4) is 0 Å². The topological polar surface area (TPSA) is 70.8 Å². The molecular weight excluding hydrogens is 416 g/mol. The molecule has 2 aliphatic heterocycles. The van der Waals surface area contributed by atoms with E-state index in [1.54, 1.807) is 13.3 Å². The van der Waals surface area contributed by atoms with Crippen LogP contribution >= 0.6 is 0 Å². The quantitative estimate of drug-likeness (QED) is 0.665. The lowest BCUT2D eigenvalue weighted by atomic mass is 9.68. The normalized spacial score (nSPS) is 20.2. The lowest BCUT2D eigenvalue weighted by Crippen LogP contribution is -2.55. The van der Waals surface area contributed by atoms with Crippen LogP contribution in [0.2, 0.25) is 0 Å². The molecule has 3 aromatic rings. The molecule has 1 N–H and O–H groups in total. The summed E-state index contributed by atoms with van der Waals surface area (Å²) < 4.78 is 7.66. The van der Waals surface area contributed by atoms with Crippen molar-refractivity contribution < 1.29 is 14.6 Å². The minimum atomic E-state index is -0.384. The minimum absolute atomic E-state index is 0.0135. The lowest BCUT2D eigenvalue weighted by Gasteiger charge is -2.50. The summed E-state index contributed by atoms with van der Waals surface area (Å²) >= 11 is 0. The van der Waals surface area contributed by atoms with Crippen molar-refractivity contribution in [1.82, 2.24) is 19.4 Å². The van der Waals surface area contributed by atoms with Crippen molar-refractivity contribution >= 4 is 16.8 Å². The zero-order valence-electron chi connectivity index (χ0n) is 19.6. The molecule has 7 heteroatoms. The van der Waals surface area contributed by atoms with Gasteiger partial charge in [0.1, 0.15) is 5.75 Å². The number of carbonyl (C=O) groups is 1. The molecule has 7 nitrogen and oxygen atoms in total. The first kappa shape index (κ1) is 21.9. The van der Waals surface area contributed by atoms with Gasteiger partial charge in [-0.25, -0.2) is 0 Å². The smallest absolute Gasteiger partial charge is 0.229 e. The average molecular weight is 449 g/mol. The van der Waals surface area contributed by atoms with Gasteiger partial charge in [-0.3, -0.25) is 9.78 Å². The number of piperidine rings is 1. The number of nitrogens with zero attached hydrogens (tertiary/aromatic N) is 4. The Kier molecular flexibility index (Phi) is 5.62. The van der Waals surface area contributed by atoms with Gasteiger partial charge in [0, 0.05) is 48.0 Å². The highest BCUT2D eigenvalue weighted by molar-refractivity contribution is 5.90. The maximum absolute atomic E-state index is 13.6. The Balaban J connectivity index is 1.65. The first-order chi connectivity index (χ1) is 16.0. The number of carbonyl (C=O) groups excluding carboxylic acids is 1. The van der Waals surface area contributed by atoms with Gasteiger partial charge in [0.15, 0.2) is 0 Å². The third-order valence-electron chi connectivity index (χ3n) is 7.64.